The predicted molar refractivity (Wildman–Crippen MR) is 105 cm³/mol. The number of hydrogen-bond acceptors (Lipinski definition) is 2. The van der Waals surface area contributed by atoms with Gasteiger partial charge in [-0.3, -0.25) is 9.59 Å². The molecule has 0 aromatic heterocycles. The Hall–Kier alpha value is -2.62. The van der Waals surface area contributed by atoms with E-state index in [4.69, 9.17) is 0 Å². The molecule has 1 unspecified atom stereocenters. The minimum absolute atomic E-state index is 0.0212. The second-order valence-electron chi connectivity index (χ2n) is 7.07. The fourth-order valence-electron chi connectivity index (χ4n) is 3.45. The molecule has 4 nitrogen and oxygen atoms in total. The Kier molecular flexibility index (Phi) is 5.40. The number of nitrogens with zero attached hydrogens (tertiary/aromatic N) is 2. The molecule has 2 aromatic rings. The van der Waals surface area contributed by atoms with Crippen LogP contribution in [0.2, 0.25) is 0 Å². The highest BCUT2D eigenvalue weighted by Crippen LogP contribution is 2.28. The van der Waals surface area contributed by atoms with E-state index >= 15 is 0 Å². The molecule has 0 N–H and O–H groups in total. The number of anilines is 2. The van der Waals surface area contributed by atoms with Gasteiger partial charge in [-0.1, -0.05) is 36.8 Å². The van der Waals surface area contributed by atoms with E-state index in [1.165, 1.54) is 0 Å². The van der Waals surface area contributed by atoms with Crippen LogP contribution in [0.25, 0.3) is 0 Å². The lowest BCUT2D eigenvalue weighted by Gasteiger charge is -2.26. The smallest absolute Gasteiger partial charge is 0.232 e. The average molecular weight is 350 g/mol. The molecule has 1 fully saturated rings. The summed E-state index contributed by atoms with van der Waals surface area (Å²) in [5.41, 5.74) is 4.06. The highest BCUT2D eigenvalue weighted by molar-refractivity contribution is 6.04. The Balaban J connectivity index is 1.80. The molecule has 3 rings (SSSR count). The topological polar surface area (TPSA) is 40.6 Å². The first-order valence-electron chi connectivity index (χ1n) is 9.24. The molecule has 2 amide bonds. The number of carbonyl (C=O) groups is 2. The van der Waals surface area contributed by atoms with E-state index in [1.807, 2.05) is 67.3 Å². The molecular formula is C22H26N2O2. The normalized spacial score (nSPS) is 16.8. The van der Waals surface area contributed by atoms with Crippen LogP contribution in [0.1, 0.15) is 30.9 Å². The maximum atomic E-state index is 13.2. The number of amides is 2. The lowest BCUT2D eigenvalue weighted by Crippen LogP contribution is -2.38. The van der Waals surface area contributed by atoms with Gasteiger partial charge in [-0.15, -0.1) is 0 Å². The zero-order valence-corrected chi connectivity index (χ0v) is 15.7. The predicted octanol–water partition coefficient (Wildman–Crippen LogP) is 4.10. The molecule has 136 valence electrons. The molecule has 1 atom stereocenters. The number of rotatable bonds is 5. The Morgan fingerprint density at radius 2 is 1.85 bits per heavy atom. The third-order valence-electron chi connectivity index (χ3n) is 4.85. The van der Waals surface area contributed by atoms with Crippen molar-refractivity contribution < 1.29 is 9.59 Å². The van der Waals surface area contributed by atoms with Crippen LogP contribution in [0, 0.1) is 19.8 Å². The maximum absolute atomic E-state index is 13.2. The van der Waals surface area contributed by atoms with Gasteiger partial charge in [-0.05, 0) is 50.1 Å². The van der Waals surface area contributed by atoms with Crippen LogP contribution in [-0.2, 0) is 9.59 Å². The zero-order valence-electron chi connectivity index (χ0n) is 15.7. The molecule has 0 bridgehead atoms. The highest BCUT2D eigenvalue weighted by atomic mass is 16.2. The summed E-state index contributed by atoms with van der Waals surface area (Å²) in [4.78, 5) is 29.2. The van der Waals surface area contributed by atoms with Crippen LogP contribution in [0.5, 0.6) is 0 Å². The second kappa shape index (κ2) is 7.73. The lowest BCUT2D eigenvalue weighted by atomic mass is 10.1. The third-order valence-corrected chi connectivity index (χ3v) is 4.85. The highest BCUT2D eigenvalue weighted by Gasteiger charge is 2.37. The van der Waals surface area contributed by atoms with Gasteiger partial charge in [-0.25, -0.2) is 0 Å². The minimum Gasteiger partial charge on any atom is -0.312 e. The first-order valence-corrected chi connectivity index (χ1v) is 9.24. The molecule has 0 aliphatic carbocycles. The second-order valence-corrected chi connectivity index (χ2v) is 7.07. The van der Waals surface area contributed by atoms with E-state index in [0.717, 1.165) is 28.9 Å². The summed E-state index contributed by atoms with van der Waals surface area (Å²) in [5.74, 6) is -0.232. The standard InChI is InChI=1S/C22H26N2O2/c1-4-12-23(20-7-5-6-17(3)13-20)22(26)18-14-21(25)24(15-18)19-10-8-16(2)9-11-19/h5-11,13,18H,4,12,14-15H2,1-3H3. The minimum atomic E-state index is -0.295. The molecule has 1 heterocycles. The molecular weight excluding hydrogens is 324 g/mol. The average Bonchev–Trinajstić information content (AvgIpc) is 3.01. The Labute approximate surface area is 155 Å². The van der Waals surface area contributed by atoms with Crippen LogP contribution in [0.15, 0.2) is 48.5 Å². The number of benzene rings is 2. The van der Waals surface area contributed by atoms with Crippen molar-refractivity contribution in [2.75, 3.05) is 22.9 Å². The third kappa shape index (κ3) is 3.79. The Bertz CT molecular complexity index is 798. The lowest BCUT2D eigenvalue weighted by molar-refractivity contribution is -0.124. The van der Waals surface area contributed by atoms with Gasteiger partial charge >= 0.3 is 0 Å². The van der Waals surface area contributed by atoms with Crippen molar-refractivity contribution in [2.24, 2.45) is 5.92 Å². The summed E-state index contributed by atoms with van der Waals surface area (Å²) in [7, 11) is 0. The van der Waals surface area contributed by atoms with Crippen LogP contribution < -0.4 is 9.80 Å². The largest absolute Gasteiger partial charge is 0.312 e. The maximum Gasteiger partial charge on any atom is 0.232 e. The SMILES string of the molecule is CCCN(C(=O)C1CC(=O)N(c2ccc(C)cc2)C1)c1cccc(C)c1. The van der Waals surface area contributed by atoms with Crippen molar-refractivity contribution in [3.63, 3.8) is 0 Å². The van der Waals surface area contributed by atoms with Crippen molar-refractivity contribution in [3.05, 3.63) is 59.7 Å². The van der Waals surface area contributed by atoms with Gasteiger partial charge in [0.25, 0.3) is 0 Å². The van der Waals surface area contributed by atoms with Gasteiger partial charge in [0.15, 0.2) is 0 Å². The van der Waals surface area contributed by atoms with Gasteiger partial charge < -0.3 is 9.80 Å². The van der Waals surface area contributed by atoms with Crippen molar-refractivity contribution in [1.29, 1.82) is 0 Å². The summed E-state index contributed by atoms with van der Waals surface area (Å²) in [5, 5.41) is 0. The molecule has 4 heteroatoms. The first kappa shape index (κ1) is 18.2. The molecule has 26 heavy (non-hydrogen) atoms. The van der Waals surface area contributed by atoms with Gasteiger partial charge in [0.2, 0.25) is 11.8 Å². The fraction of sp³-hybridized carbons (Fsp3) is 0.364. The van der Waals surface area contributed by atoms with Gasteiger partial charge in [-0.2, -0.15) is 0 Å². The van der Waals surface area contributed by atoms with E-state index in [-0.39, 0.29) is 24.2 Å². The summed E-state index contributed by atoms with van der Waals surface area (Å²) in [6.07, 6.45) is 1.15. The first-order chi connectivity index (χ1) is 12.5. The van der Waals surface area contributed by atoms with Crippen LogP contribution >= 0.6 is 0 Å². The molecule has 0 spiro atoms. The van der Waals surface area contributed by atoms with E-state index in [0.29, 0.717) is 13.1 Å². The van der Waals surface area contributed by atoms with Crippen molar-refractivity contribution in [3.8, 4) is 0 Å². The molecule has 2 aromatic carbocycles. The van der Waals surface area contributed by atoms with Crippen molar-refractivity contribution in [2.45, 2.75) is 33.6 Å². The van der Waals surface area contributed by atoms with Crippen LogP contribution in [0.4, 0.5) is 11.4 Å². The monoisotopic (exact) mass is 350 g/mol. The number of aryl methyl sites for hydroxylation is 2. The zero-order chi connectivity index (χ0) is 18.7. The Morgan fingerprint density at radius 3 is 2.50 bits per heavy atom. The molecule has 0 saturated carbocycles. The summed E-state index contributed by atoms with van der Waals surface area (Å²) in [6.45, 7) is 7.22. The van der Waals surface area contributed by atoms with Gasteiger partial charge in [0.1, 0.15) is 0 Å². The molecule has 1 aliphatic heterocycles. The summed E-state index contributed by atoms with van der Waals surface area (Å²) < 4.78 is 0. The van der Waals surface area contributed by atoms with Crippen molar-refractivity contribution in [1.82, 2.24) is 0 Å². The molecule has 0 radical (unpaired) electrons. The number of carbonyl (C=O) groups excluding carboxylic acids is 2. The van der Waals surface area contributed by atoms with Crippen LogP contribution in [-0.4, -0.2) is 24.9 Å². The Morgan fingerprint density at radius 1 is 1.12 bits per heavy atom. The van der Waals surface area contributed by atoms with E-state index in [2.05, 4.69) is 6.92 Å². The van der Waals surface area contributed by atoms with Gasteiger partial charge in [0.05, 0.1) is 5.92 Å². The quantitative estimate of drug-likeness (QED) is 0.814. The van der Waals surface area contributed by atoms with Crippen LogP contribution in [0.3, 0.4) is 0 Å². The van der Waals surface area contributed by atoms with E-state index < -0.39 is 0 Å². The van der Waals surface area contributed by atoms with Crippen molar-refractivity contribution >= 4 is 23.2 Å². The molecule has 1 saturated heterocycles. The molecule has 1 aliphatic rings. The van der Waals surface area contributed by atoms with E-state index in [9.17, 15) is 9.59 Å². The fourth-order valence-corrected chi connectivity index (χ4v) is 3.45. The van der Waals surface area contributed by atoms with Gasteiger partial charge in [0, 0.05) is 30.9 Å². The summed E-state index contributed by atoms with van der Waals surface area (Å²) in [6, 6.07) is 15.9. The van der Waals surface area contributed by atoms with E-state index in [1.54, 1.807) is 4.90 Å². The number of hydrogen-bond donors (Lipinski definition) is 0. The summed E-state index contributed by atoms with van der Waals surface area (Å²) >= 11 is 0.